The van der Waals surface area contributed by atoms with Crippen molar-refractivity contribution in [1.82, 2.24) is 10.2 Å². The number of hydrogen-bond donors (Lipinski definition) is 2. The Morgan fingerprint density at radius 1 is 1.15 bits per heavy atom. The fourth-order valence-electron chi connectivity index (χ4n) is 2.96. The minimum absolute atomic E-state index is 0.0372. The number of hydrogen-bond acceptors (Lipinski definition) is 4. The van der Waals surface area contributed by atoms with E-state index >= 15 is 0 Å². The van der Waals surface area contributed by atoms with E-state index in [0.29, 0.717) is 0 Å². The summed E-state index contributed by atoms with van der Waals surface area (Å²) in [5.41, 5.74) is 1.11. The molecule has 0 spiro atoms. The first-order valence-corrected chi connectivity index (χ1v) is 7.30. The molecule has 2 heterocycles. The van der Waals surface area contributed by atoms with Crippen molar-refractivity contribution < 1.29 is 9.90 Å². The number of aromatic hydroxyl groups is 1. The smallest absolute Gasteiger partial charge is 0.239 e. The van der Waals surface area contributed by atoms with Crippen molar-refractivity contribution >= 4 is 11.6 Å². The lowest BCUT2D eigenvalue weighted by molar-refractivity contribution is -0.133. The van der Waals surface area contributed by atoms with Crippen molar-refractivity contribution in [2.24, 2.45) is 0 Å². The average molecular weight is 275 g/mol. The zero-order valence-corrected chi connectivity index (χ0v) is 11.6. The lowest BCUT2D eigenvalue weighted by Crippen LogP contribution is -2.53. The van der Waals surface area contributed by atoms with Crippen LogP contribution < -0.4 is 10.2 Å². The van der Waals surface area contributed by atoms with Crippen LogP contribution in [-0.2, 0) is 4.79 Å². The van der Waals surface area contributed by atoms with Crippen molar-refractivity contribution in [3.63, 3.8) is 0 Å². The Labute approximate surface area is 119 Å². The van der Waals surface area contributed by atoms with Gasteiger partial charge in [-0.15, -0.1) is 0 Å². The van der Waals surface area contributed by atoms with Crippen LogP contribution in [0.1, 0.15) is 12.8 Å². The first-order valence-electron chi connectivity index (χ1n) is 7.30. The highest BCUT2D eigenvalue weighted by atomic mass is 16.3. The number of carbonyl (C=O) groups is 1. The standard InChI is InChI=1S/C15H21N3O2/c19-13-5-3-12(4-6-13)17-8-10-18(11-9-17)15(20)14-2-1-7-16-14/h3-6,14,16,19H,1-2,7-11H2. The molecule has 1 unspecified atom stereocenters. The van der Waals surface area contributed by atoms with Gasteiger partial charge in [0.25, 0.3) is 0 Å². The van der Waals surface area contributed by atoms with Gasteiger partial charge in [0.1, 0.15) is 5.75 Å². The van der Waals surface area contributed by atoms with Gasteiger partial charge in [0.15, 0.2) is 0 Å². The molecule has 1 aromatic rings. The van der Waals surface area contributed by atoms with Crippen molar-refractivity contribution in [1.29, 1.82) is 0 Å². The predicted molar refractivity (Wildman–Crippen MR) is 77.9 cm³/mol. The summed E-state index contributed by atoms with van der Waals surface area (Å²) in [6, 6.07) is 7.29. The summed E-state index contributed by atoms with van der Waals surface area (Å²) >= 11 is 0. The number of nitrogens with one attached hydrogen (secondary N) is 1. The van der Waals surface area contributed by atoms with Crippen LogP contribution in [0, 0.1) is 0 Å². The van der Waals surface area contributed by atoms with Crippen molar-refractivity contribution in [3.8, 4) is 5.75 Å². The first-order chi connectivity index (χ1) is 9.74. The van der Waals surface area contributed by atoms with Crippen LogP contribution >= 0.6 is 0 Å². The fourth-order valence-corrected chi connectivity index (χ4v) is 2.96. The maximum atomic E-state index is 12.3. The summed E-state index contributed by atoms with van der Waals surface area (Å²) in [5, 5.41) is 12.6. The van der Waals surface area contributed by atoms with Crippen LogP contribution in [-0.4, -0.2) is 54.7 Å². The Kier molecular flexibility index (Phi) is 3.78. The van der Waals surface area contributed by atoms with E-state index in [2.05, 4.69) is 10.2 Å². The van der Waals surface area contributed by atoms with Gasteiger partial charge in [-0.1, -0.05) is 0 Å². The Bertz CT molecular complexity index is 461. The summed E-state index contributed by atoms with van der Waals surface area (Å²) in [6.07, 6.45) is 2.07. The second-order valence-electron chi connectivity index (χ2n) is 5.48. The van der Waals surface area contributed by atoms with Gasteiger partial charge in [0.2, 0.25) is 5.91 Å². The van der Waals surface area contributed by atoms with E-state index in [-0.39, 0.29) is 17.7 Å². The van der Waals surface area contributed by atoms with E-state index in [9.17, 15) is 9.90 Å². The Balaban J connectivity index is 1.56. The number of amides is 1. The van der Waals surface area contributed by atoms with E-state index in [1.807, 2.05) is 17.0 Å². The van der Waals surface area contributed by atoms with Crippen LogP contribution in [0.15, 0.2) is 24.3 Å². The molecule has 2 fully saturated rings. The molecule has 2 N–H and O–H groups in total. The SMILES string of the molecule is O=C(C1CCCN1)N1CCN(c2ccc(O)cc2)CC1. The molecule has 0 aromatic heterocycles. The topological polar surface area (TPSA) is 55.8 Å². The van der Waals surface area contributed by atoms with Crippen molar-refractivity contribution in [2.45, 2.75) is 18.9 Å². The minimum Gasteiger partial charge on any atom is -0.508 e. The molecule has 1 atom stereocenters. The first kappa shape index (κ1) is 13.2. The average Bonchev–Trinajstić information content (AvgIpc) is 3.02. The zero-order chi connectivity index (χ0) is 13.9. The molecule has 1 aromatic carbocycles. The number of phenols is 1. The summed E-state index contributed by atoms with van der Waals surface area (Å²) in [5.74, 6) is 0.544. The third-order valence-electron chi connectivity index (χ3n) is 4.16. The molecule has 0 bridgehead atoms. The van der Waals surface area contributed by atoms with Gasteiger partial charge in [0.05, 0.1) is 6.04 Å². The lowest BCUT2D eigenvalue weighted by Gasteiger charge is -2.37. The lowest BCUT2D eigenvalue weighted by atomic mass is 10.1. The molecule has 2 aliphatic heterocycles. The van der Waals surface area contributed by atoms with Crippen LogP contribution in [0.4, 0.5) is 5.69 Å². The number of phenolic OH excluding ortho intramolecular Hbond substituents is 1. The highest BCUT2D eigenvalue weighted by Crippen LogP contribution is 2.20. The molecular weight excluding hydrogens is 254 g/mol. The Morgan fingerprint density at radius 2 is 1.85 bits per heavy atom. The van der Waals surface area contributed by atoms with Crippen molar-refractivity contribution in [3.05, 3.63) is 24.3 Å². The molecule has 108 valence electrons. The van der Waals surface area contributed by atoms with Crippen LogP contribution in [0.3, 0.4) is 0 Å². The van der Waals surface area contributed by atoms with Gasteiger partial charge >= 0.3 is 0 Å². The van der Waals surface area contributed by atoms with Crippen LogP contribution in [0.2, 0.25) is 0 Å². The molecule has 3 rings (SSSR count). The second-order valence-corrected chi connectivity index (χ2v) is 5.48. The van der Waals surface area contributed by atoms with Gasteiger partial charge in [-0.2, -0.15) is 0 Å². The third kappa shape index (κ3) is 2.72. The molecule has 2 aliphatic rings. The maximum Gasteiger partial charge on any atom is 0.239 e. The summed E-state index contributed by atoms with van der Waals surface area (Å²) < 4.78 is 0. The largest absolute Gasteiger partial charge is 0.508 e. The predicted octanol–water partition coefficient (Wildman–Crippen LogP) is 0.793. The van der Waals surface area contributed by atoms with Gasteiger partial charge in [-0.05, 0) is 43.7 Å². The molecule has 5 nitrogen and oxygen atoms in total. The number of nitrogens with zero attached hydrogens (tertiary/aromatic N) is 2. The minimum atomic E-state index is 0.0372. The third-order valence-corrected chi connectivity index (χ3v) is 4.16. The number of benzene rings is 1. The fraction of sp³-hybridized carbons (Fsp3) is 0.533. The summed E-state index contributed by atoms with van der Waals surface area (Å²) in [6.45, 7) is 4.21. The molecule has 20 heavy (non-hydrogen) atoms. The van der Waals surface area contributed by atoms with Crippen LogP contribution in [0.5, 0.6) is 5.75 Å². The summed E-state index contributed by atoms with van der Waals surface area (Å²) in [7, 11) is 0. The molecule has 5 heteroatoms. The number of rotatable bonds is 2. The number of anilines is 1. The van der Waals surface area contributed by atoms with Gasteiger partial charge in [0, 0.05) is 31.9 Å². The van der Waals surface area contributed by atoms with Crippen LogP contribution in [0.25, 0.3) is 0 Å². The van der Waals surface area contributed by atoms with E-state index < -0.39 is 0 Å². The summed E-state index contributed by atoms with van der Waals surface area (Å²) in [4.78, 5) is 16.5. The molecule has 1 amide bonds. The quantitative estimate of drug-likeness (QED) is 0.838. The molecule has 0 radical (unpaired) electrons. The Morgan fingerprint density at radius 3 is 2.45 bits per heavy atom. The molecule has 2 saturated heterocycles. The number of carbonyl (C=O) groups excluding carboxylic acids is 1. The highest BCUT2D eigenvalue weighted by molar-refractivity contribution is 5.82. The molecular formula is C15H21N3O2. The maximum absolute atomic E-state index is 12.3. The van der Waals surface area contributed by atoms with E-state index in [4.69, 9.17) is 0 Å². The van der Waals surface area contributed by atoms with E-state index in [0.717, 1.165) is 51.3 Å². The number of piperazine rings is 1. The normalized spacial score (nSPS) is 23.1. The van der Waals surface area contributed by atoms with Gasteiger partial charge in [-0.3, -0.25) is 4.79 Å². The molecule has 0 saturated carbocycles. The van der Waals surface area contributed by atoms with Crippen molar-refractivity contribution in [2.75, 3.05) is 37.6 Å². The highest BCUT2D eigenvalue weighted by Gasteiger charge is 2.29. The van der Waals surface area contributed by atoms with E-state index in [1.165, 1.54) is 0 Å². The Hall–Kier alpha value is -1.75. The monoisotopic (exact) mass is 275 g/mol. The zero-order valence-electron chi connectivity index (χ0n) is 11.6. The van der Waals surface area contributed by atoms with Gasteiger partial charge < -0.3 is 20.2 Å². The van der Waals surface area contributed by atoms with E-state index in [1.54, 1.807) is 12.1 Å². The van der Waals surface area contributed by atoms with Gasteiger partial charge in [-0.25, -0.2) is 0 Å². The second kappa shape index (κ2) is 5.71. The molecule has 0 aliphatic carbocycles.